The van der Waals surface area contributed by atoms with E-state index in [4.69, 9.17) is 0 Å². The first-order valence-corrected chi connectivity index (χ1v) is 6.59. The third kappa shape index (κ3) is 2.97. The van der Waals surface area contributed by atoms with Crippen LogP contribution >= 0.6 is 11.8 Å². The summed E-state index contributed by atoms with van der Waals surface area (Å²) in [6.07, 6.45) is 2.69. The number of thioether (sulfide) groups is 1. The fraction of sp³-hybridized carbons (Fsp3) is 0.231. The number of benzene rings is 1. The van der Waals surface area contributed by atoms with Crippen molar-refractivity contribution in [2.24, 2.45) is 0 Å². The lowest BCUT2D eigenvalue weighted by molar-refractivity contribution is 0.913. The highest BCUT2D eigenvalue weighted by atomic mass is 32.2. The van der Waals surface area contributed by atoms with Crippen LogP contribution in [0.5, 0.6) is 0 Å². The van der Waals surface area contributed by atoms with Crippen LogP contribution in [0.15, 0.2) is 40.0 Å². The molecule has 4 heteroatoms. The summed E-state index contributed by atoms with van der Waals surface area (Å²) in [6, 6.07) is 10.1. The molecule has 88 valence electrons. The minimum Gasteiger partial charge on any atom is -0.268 e. The van der Waals surface area contributed by atoms with Crippen LogP contribution in [0.3, 0.4) is 0 Å². The molecule has 0 amide bonds. The van der Waals surface area contributed by atoms with Gasteiger partial charge in [-0.15, -0.1) is 11.8 Å². The molecule has 2 aromatic rings. The Hall–Kier alpha value is -1.55. The van der Waals surface area contributed by atoms with Gasteiger partial charge in [-0.25, -0.2) is 5.10 Å². The van der Waals surface area contributed by atoms with E-state index in [9.17, 15) is 4.79 Å². The Morgan fingerprint density at radius 1 is 1.29 bits per heavy atom. The van der Waals surface area contributed by atoms with E-state index in [1.807, 2.05) is 19.2 Å². The van der Waals surface area contributed by atoms with Gasteiger partial charge in [0.2, 0.25) is 0 Å². The third-order valence-electron chi connectivity index (χ3n) is 2.56. The Bertz CT molecular complexity index is 560. The van der Waals surface area contributed by atoms with Gasteiger partial charge < -0.3 is 0 Å². The van der Waals surface area contributed by atoms with Crippen LogP contribution in [0.1, 0.15) is 16.8 Å². The van der Waals surface area contributed by atoms with Crippen molar-refractivity contribution in [3.8, 4) is 0 Å². The van der Waals surface area contributed by atoms with Crippen molar-refractivity contribution in [2.75, 3.05) is 6.26 Å². The van der Waals surface area contributed by atoms with Gasteiger partial charge in [-0.3, -0.25) is 4.79 Å². The van der Waals surface area contributed by atoms with E-state index in [0.717, 1.165) is 16.8 Å². The van der Waals surface area contributed by atoms with Gasteiger partial charge in [0.1, 0.15) is 0 Å². The minimum atomic E-state index is -0.107. The molecule has 0 aliphatic carbocycles. The first-order valence-electron chi connectivity index (χ1n) is 5.37. The van der Waals surface area contributed by atoms with Gasteiger partial charge in [0, 0.05) is 16.9 Å². The van der Waals surface area contributed by atoms with Crippen molar-refractivity contribution in [3.05, 3.63) is 57.5 Å². The van der Waals surface area contributed by atoms with Crippen molar-refractivity contribution in [1.82, 2.24) is 10.2 Å². The zero-order chi connectivity index (χ0) is 12.3. The second-order valence-electron chi connectivity index (χ2n) is 3.89. The van der Waals surface area contributed by atoms with E-state index in [2.05, 4.69) is 34.5 Å². The summed E-state index contributed by atoms with van der Waals surface area (Å²) < 4.78 is 0. The number of aromatic amines is 1. The predicted octanol–water partition coefficient (Wildman–Crippen LogP) is 2.39. The van der Waals surface area contributed by atoms with Crippen LogP contribution in [0.25, 0.3) is 0 Å². The molecule has 0 saturated heterocycles. The second-order valence-corrected chi connectivity index (χ2v) is 4.77. The number of H-pyrrole nitrogens is 1. The zero-order valence-corrected chi connectivity index (χ0v) is 10.7. The van der Waals surface area contributed by atoms with Crippen molar-refractivity contribution in [2.45, 2.75) is 18.2 Å². The minimum absolute atomic E-state index is 0.107. The van der Waals surface area contributed by atoms with Crippen LogP contribution in [0.2, 0.25) is 0 Å². The summed E-state index contributed by atoms with van der Waals surface area (Å²) in [5, 5.41) is 6.37. The molecule has 0 spiro atoms. The summed E-state index contributed by atoms with van der Waals surface area (Å²) in [6.45, 7) is 1.87. The van der Waals surface area contributed by atoms with Crippen molar-refractivity contribution in [1.29, 1.82) is 0 Å². The largest absolute Gasteiger partial charge is 0.268 e. The predicted molar refractivity (Wildman–Crippen MR) is 70.6 cm³/mol. The Kier molecular flexibility index (Phi) is 3.64. The first-order chi connectivity index (χ1) is 8.19. The van der Waals surface area contributed by atoms with E-state index in [1.165, 1.54) is 4.90 Å². The van der Waals surface area contributed by atoms with Gasteiger partial charge in [-0.2, -0.15) is 5.10 Å². The number of rotatable bonds is 3. The topological polar surface area (TPSA) is 45.8 Å². The summed E-state index contributed by atoms with van der Waals surface area (Å²) >= 11 is 1.71. The molecule has 1 heterocycles. The van der Waals surface area contributed by atoms with Crippen molar-refractivity contribution >= 4 is 11.8 Å². The van der Waals surface area contributed by atoms with Crippen LogP contribution < -0.4 is 5.56 Å². The van der Waals surface area contributed by atoms with E-state index in [-0.39, 0.29) is 5.56 Å². The molecule has 0 radical (unpaired) electrons. The van der Waals surface area contributed by atoms with Crippen LogP contribution in [-0.4, -0.2) is 16.5 Å². The Morgan fingerprint density at radius 2 is 2.00 bits per heavy atom. The highest BCUT2D eigenvalue weighted by Gasteiger charge is 2.02. The standard InChI is InChI=1S/C13H14N2OS/c1-9-7-11(13(16)15-14-9)8-10-3-5-12(17-2)6-4-10/h3-7H,8H2,1-2H3,(H,15,16). The SMILES string of the molecule is CSc1ccc(Cc2cc(C)n[nH]c2=O)cc1. The van der Waals surface area contributed by atoms with E-state index >= 15 is 0 Å². The fourth-order valence-corrected chi connectivity index (χ4v) is 2.06. The quantitative estimate of drug-likeness (QED) is 0.846. The maximum Gasteiger partial charge on any atom is 0.267 e. The summed E-state index contributed by atoms with van der Waals surface area (Å²) in [7, 11) is 0. The van der Waals surface area contributed by atoms with Crippen molar-refractivity contribution in [3.63, 3.8) is 0 Å². The monoisotopic (exact) mass is 246 g/mol. The van der Waals surface area contributed by atoms with Gasteiger partial charge in [0.25, 0.3) is 5.56 Å². The lowest BCUT2D eigenvalue weighted by atomic mass is 10.1. The highest BCUT2D eigenvalue weighted by molar-refractivity contribution is 7.98. The van der Waals surface area contributed by atoms with Crippen LogP contribution in [-0.2, 0) is 6.42 Å². The highest BCUT2D eigenvalue weighted by Crippen LogP contribution is 2.16. The number of hydrogen-bond acceptors (Lipinski definition) is 3. The fourth-order valence-electron chi connectivity index (χ4n) is 1.66. The van der Waals surface area contributed by atoms with Gasteiger partial charge in [0.15, 0.2) is 0 Å². The lowest BCUT2D eigenvalue weighted by Crippen LogP contribution is -2.15. The summed E-state index contributed by atoms with van der Waals surface area (Å²) in [5.41, 5.74) is 2.62. The molecule has 17 heavy (non-hydrogen) atoms. The Balaban J connectivity index is 2.25. The second kappa shape index (κ2) is 5.19. The molecule has 0 fully saturated rings. The maximum atomic E-state index is 11.6. The molecule has 0 aliphatic heterocycles. The Morgan fingerprint density at radius 3 is 2.65 bits per heavy atom. The first kappa shape index (κ1) is 11.9. The van der Waals surface area contributed by atoms with E-state index in [0.29, 0.717) is 6.42 Å². The number of aryl methyl sites for hydroxylation is 1. The molecule has 0 aliphatic rings. The van der Waals surface area contributed by atoms with E-state index in [1.54, 1.807) is 11.8 Å². The molecular weight excluding hydrogens is 232 g/mol. The third-order valence-corrected chi connectivity index (χ3v) is 3.31. The molecule has 0 saturated carbocycles. The molecule has 0 unspecified atom stereocenters. The molecule has 2 rings (SSSR count). The smallest absolute Gasteiger partial charge is 0.267 e. The molecule has 1 N–H and O–H groups in total. The van der Waals surface area contributed by atoms with Crippen molar-refractivity contribution < 1.29 is 0 Å². The average molecular weight is 246 g/mol. The van der Waals surface area contributed by atoms with Gasteiger partial charge >= 0.3 is 0 Å². The molecule has 3 nitrogen and oxygen atoms in total. The van der Waals surface area contributed by atoms with Crippen LogP contribution in [0.4, 0.5) is 0 Å². The van der Waals surface area contributed by atoms with Gasteiger partial charge in [-0.1, -0.05) is 12.1 Å². The Labute approximate surface area is 104 Å². The molecule has 1 aromatic carbocycles. The number of aromatic nitrogens is 2. The molecular formula is C13H14N2OS. The summed E-state index contributed by atoms with van der Waals surface area (Å²) in [5.74, 6) is 0. The zero-order valence-electron chi connectivity index (χ0n) is 9.86. The molecule has 1 aromatic heterocycles. The number of nitrogens with zero attached hydrogens (tertiary/aromatic N) is 1. The van der Waals surface area contributed by atoms with Crippen LogP contribution in [0, 0.1) is 6.92 Å². The number of hydrogen-bond donors (Lipinski definition) is 1. The molecule has 0 bridgehead atoms. The van der Waals surface area contributed by atoms with E-state index < -0.39 is 0 Å². The molecule has 0 atom stereocenters. The maximum absolute atomic E-state index is 11.6. The van der Waals surface area contributed by atoms with Gasteiger partial charge in [0.05, 0.1) is 5.69 Å². The van der Waals surface area contributed by atoms with Gasteiger partial charge in [-0.05, 0) is 36.9 Å². The number of nitrogens with one attached hydrogen (secondary N) is 1. The normalized spacial score (nSPS) is 10.5. The summed E-state index contributed by atoms with van der Waals surface area (Å²) in [4.78, 5) is 12.8. The lowest BCUT2D eigenvalue weighted by Gasteiger charge is -2.03. The average Bonchev–Trinajstić information content (AvgIpc) is 2.35.